The molecule has 1 aromatic rings. The summed E-state index contributed by atoms with van der Waals surface area (Å²) in [5.41, 5.74) is 0.915. The number of nitrogens with one attached hydrogen (secondary N) is 3. The van der Waals surface area contributed by atoms with Gasteiger partial charge in [0, 0.05) is 39.4 Å². The fourth-order valence-corrected chi connectivity index (χ4v) is 8.07. The van der Waals surface area contributed by atoms with Crippen LogP contribution in [0.15, 0.2) is 42.6 Å². The molecule has 10 atom stereocenters. The van der Waals surface area contributed by atoms with Gasteiger partial charge in [0.2, 0.25) is 17.7 Å². The maximum atomic E-state index is 14.4. The van der Waals surface area contributed by atoms with Crippen LogP contribution < -0.4 is 16.0 Å². The van der Waals surface area contributed by atoms with Crippen molar-refractivity contribution in [3.05, 3.63) is 48.2 Å². The lowest BCUT2D eigenvalue weighted by Gasteiger charge is -2.45. The number of hydrogen-bond acceptors (Lipinski definition) is 8. The molecule has 0 spiro atoms. The van der Waals surface area contributed by atoms with Crippen molar-refractivity contribution in [1.29, 1.82) is 0 Å². The minimum absolute atomic E-state index is 0.00951. The number of carbonyl (C=O) groups excluding carboxylic acids is 3. The van der Waals surface area contributed by atoms with Gasteiger partial charge in [-0.25, -0.2) is 0 Å². The molecule has 11 nitrogen and oxygen atoms in total. The molecule has 3 amide bonds. The van der Waals surface area contributed by atoms with E-state index in [1.807, 2.05) is 76.8 Å². The number of likely N-dealkylation sites (N-methyl/N-ethyl adjacent to an activating group) is 2. The first-order chi connectivity index (χ1) is 24.4. The first kappa shape index (κ1) is 45.2. The van der Waals surface area contributed by atoms with Gasteiger partial charge < -0.3 is 40.3 Å². The number of likely N-dealkylation sites (tertiary alicyclic amines) is 1. The summed E-state index contributed by atoms with van der Waals surface area (Å²) in [5.74, 6) is -0.782. The summed E-state index contributed by atoms with van der Waals surface area (Å²) >= 11 is 0. The Labute approximate surface area is 314 Å². The molecular weight excluding hydrogens is 658 g/mol. The van der Waals surface area contributed by atoms with E-state index in [1.165, 1.54) is 0 Å². The van der Waals surface area contributed by atoms with Crippen LogP contribution in [-0.2, 0) is 23.9 Å². The molecule has 2 rings (SSSR count). The molecule has 0 aromatic heterocycles. The summed E-state index contributed by atoms with van der Waals surface area (Å²) in [5, 5.41) is 20.5. The maximum Gasteiger partial charge on any atom is 0.245 e. The molecule has 4 N–H and O–H groups in total. The third kappa shape index (κ3) is 10.8. The van der Waals surface area contributed by atoms with Crippen molar-refractivity contribution in [3.63, 3.8) is 0 Å². The molecule has 0 saturated carbocycles. The highest BCUT2D eigenvalue weighted by atomic mass is 16.5. The number of aliphatic hydroxyl groups is 1. The summed E-state index contributed by atoms with van der Waals surface area (Å²) in [6, 6.07) is 7.64. The van der Waals surface area contributed by atoms with Crippen LogP contribution in [0.3, 0.4) is 0 Å². The topological polar surface area (TPSA) is 132 Å². The zero-order chi connectivity index (χ0) is 39.5. The van der Waals surface area contributed by atoms with Crippen molar-refractivity contribution in [1.82, 2.24) is 25.8 Å². The van der Waals surface area contributed by atoms with Crippen LogP contribution in [0.25, 0.3) is 0 Å². The number of amides is 3. The van der Waals surface area contributed by atoms with E-state index in [4.69, 9.17) is 9.47 Å². The molecule has 1 saturated heterocycles. The van der Waals surface area contributed by atoms with E-state index in [0.29, 0.717) is 6.54 Å². The molecule has 3 unspecified atom stereocenters. The number of hydrogen-bond donors (Lipinski definition) is 4. The number of rotatable bonds is 21. The number of benzene rings is 1. The average molecular weight is 730 g/mol. The van der Waals surface area contributed by atoms with Gasteiger partial charge in [-0.15, -0.1) is 0 Å². The van der Waals surface area contributed by atoms with Crippen LogP contribution in [0.4, 0.5) is 0 Å². The number of methoxy groups -OCH3 is 2. The molecule has 0 aliphatic carbocycles. The Bertz CT molecular complexity index is 1290. The fourth-order valence-electron chi connectivity index (χ4n) is 8.07. The second kappa shape index (κ2) is 20.5. The lowest BCUT2D eigenvalue weighted by Crippen LogP contribution is -2.60. The Balaban J connectivity index is 2.30. The summed E-state index contributed by atoms with van der Waals surface area (Å²) in [6.07, 6.45) is 0.736. The summed E-state index contributed by atoms with van der Waals surface area (Å²) in [6.45, 7) is 22.9. The van der Waals surface area contributed by atoms with Crippen LogP contribution in [0.5, 0.6) is 0 Å². The van der Waals surface area contributed by atoms with Crippen LogP contribution in [0.1, 0.15) is 99.7 Å². The molecule has 1 aliphatic heterocycles. The molecule has 52 heavy (non-hydrogen) atoms. The van der Waals surface area contributed by atoms with Crippen LogP contribution >= 0.6 is 0 Å². The first-order valence-electron chi connectivity index (χ1n) is 19.2. The number of nitrogens with zero attached hydrogens (tertiary/aromatic N) is 2. The van der Waals surface area contributed by atoms with E-state index < -0.39 is 35.9 Å². The normalized spacial score (nSPS) is 21.4. The van der Waals surface area contributed by atoms with Gasteiger partial charge in [-0.2, -0.15) is 0 Å². The minimum atomic E-state index is -0.740. The standard InChI is InChI=1S/C41H71N5O6/c1-15-27(6)36(45(12)40(50)35(26(4)5)44-39(49)34(42-11)25(2)3)32(51-13)24-33(47)46-23-19-22-41(46,10)38(52-14)28(7)29(8)43-30(9)37(48)31-20-17-16-18-21-31/h16-18,20-21,25-28,30,32,34-38,42-43,48H,8,15,19,22-24H2,1-7,9-14H3,(H,44,49)/t27-,28-,30?,32+,34-,35-,36?,37+,38?,41-/m0/s1. The van der Waals surface area contributed by atoms with Gasteiger partial charge in [0.1, 0.15) is 6.04 Å². The Morgan fingerprint density at radius 2 is 1.58 bits per heavy atom. The van der Waals surface area contributed by atoms with Gasteiger partial charge >= 0.3 is 0 Å². The third-order valence-electron chi connectivity index (χ3n) is 11.5. The molecule has 11 heteroatoms. The van der Waals surface area contributed by atoms with Crippen LogP contribution in [0, 0.1) is 23.7 Å². The largest absolute Gasteiger partial charge is 0.386 e. The highest BCUT2D eigenvalue weighted by Crippen LogP contribution is 2.39. The molecule has 1 aromatic carbocycles. The lowest BCUT2D eigenvalue weighted by atomic mass is 9.82. The second-order valence-corrected chi connectivity index (χ2v) is 15.8. The maximum absolute atomic E-state index is 14.4. The van der Waals surface area contributed by atoms with Crippen molar-refractivity contribution >= 4 is 17.7 Å². The van der Waals surface area contributed by atoms with E-state index in [0.717, 1.165) is 30.5 Å². The monoisotopic (exact) mass is 730 g/mol. The van der Waals surface area contributed by atoms with Gasteiger partial charge in [-0.05, 0) is 57.1 Å². The highest BCUT2D eigenvalue weighted by molar-refractivity contribution is 5.90. The minimum Gasteiger partial charge on any atom is -0.386 e. The molecule has 1 fully saturated rings. The van der Waals surface area contributed by atoms with Crippen molar-refractivity contribution in [2.24, 2.45) is 23.7 Å². The van der Waals surface area contributed by atoms with Crippen LogP contribution in [0.2, 0.25) is 0 Å². The molecular formula is C41H71N5O6. The molecule has 0 radical (unpaired) electrons. The Morgan fingerprint density at radius 1 is 0.981 bits per heavy atom. The molecule has 1 aliphatic rings. The third-order valence-corrected chi connectivity index (χ3v) is 11.5. The van der Waals surface area contributed by atoms with Crippen molar-refractivity contribution in [2.75, 3.05) is 34.9 Å². The summed E-state index contributed by atoms with van der Waals surface area (Å²) < 4.78 is 12.2. The number of ether oxygens (including phenoxy) is 2. The van der Waals surface area contributed by atoms with Crippen LogP contribution in [-0.4, -0.2) is 109 Å². The zero-order valence-electron chi connectivity index (χ0n) is 34.4. The quantitative estimate of drug-likeness (QED) is 0.141. The summed E-state index contributed by atoms with van der Waals surface area (Å²) in [7, 11) is 6.77. The smallest absolute Gasteiger partial charge is 0.245 e. The molecule has 1 heterocycles. The zero-order valence-corrected chi connectivity index (χ0v) is 34.4. The number of aliphatic hydroxyl groups excluding tert-OH is 1. The van der Waals surface area contributed by atoms with Gasteiger partial charge in [0.05, 0.1) is 48.4 Å². The SMILES string of the molecule is C=C(NC(C)[C@@H](O)c1ccccc1)[C@H](C)C(OC)[C@]1(C)CCCN1C(=O)C[C@@H](OC)C([C@@H](C)CC)N(C)C(=O)[C@@H](NC(=O)[C@@H](NC)C(C)C)C(C)C. The molecule has 296 valence electrons. The van der Waals surface area contributed by atoms with E-state index >= 15 is 0 Å². The Kier molecular flexibility index (Phi) is 17.8. The summed E-state index contributed by atoms with van der Waals surface area (Å²) in [4.78, 5) is 45.4. The van der Waals surface area contributed by atoms with Crippen molar-refractivity contribution < 1.29 is 29.0 Å². The van der Waals surface area contributed by atoms with Crippen molar-refractivity contribution in [3.8, 4) is 0 Å². The van der Waals surface area contributed by atoms with Gasteiger partial charge in [0.25, 0.3) is 0 Å². The highest BCUT2D eigenvalue weighted by Gasteiger charge is 2.49. The van der Waals surface area contributed by atoms with Gasteiger partial charge in [-0.3, -0.25) is 14.4 Å². The lowest BCUT2D eigenvalue weighted by molar-refractivity contribution is -0.150. The fraction of sp³-hybridized carbons (Fsp3) is 0.732. The van der Waals surface area contributed by atoms with Crippen molar-refractivity contribution in [2.45, 2.75) is 136 Å². The second-order valence-electron chi connectivity index (χ2n) is 15.8. The van der Waals surface area contributed by atoms with E-state index in [2.05, 4.69) is 43.3 Å². The number of carbonyl (C=O) groups is 3. The van der Waals surface area contributed by atoms with E-state index in [-0.39, 0.29) is 60.0 Å². The molecule has 0 bridgehead atoms. The average Bonchev–Trinajstić information content (AvgIpc) is 3.51. The van der Waals surface area contributed by atoms with Gasteiger partial charge in [-0.1, -0.05) is 91.8 Å². The Morgan fingerprint density at radius 3 is 2.08 bits per heavy atom. The van der Waals surface area contributed by atoms with E-state index in [9.17, 15) is 19.5 Å². The predicted octanol–water partition coefficient (Wildman–Crippen LogP) is 4.91. The Hall–Kier alpha value is -2.99. The first-order valence-corrected chi connectivity index (χ1v) is 19.2. The predicted molar refractivity (Wildman–Crippen MR) is 208 cm³/mol. The van der Waals surface area contributed by atoms with E-state index in [1.54, 1.807) is 33.2 Å². The van der Waals surface area contributed by atoms with Gasteiger partial charge in [0.15, 0.2) is 0 Å².